The minimum atomic E-state index is -1.44. The fraction of sp³-hybridized carbons (Fsp3) is 0.484. The van der Waals surface area contributed by atoms with Gasteiger partial charge < -0.3 is 15.0 Å². The van der Waals surface area contributed by atoms with E-state index in [0.717, 1.165) is 28.9 Å². The van der Waals surface area contributed by atoms with Crippen molar-refractivity contribution in [2.24, 2.45) is 5.92 Å². The highest BCUT2D eigenvalue weighted by molar-refractivity contribution is 6.06. The van der Waals surface area contributed by atoms with Gasteiger partial charge in [-0.1, -0.05) is 36.4 Å². The van der Waals surface area contributed by atoms with Gasteiger partial charge in [0, 0.05) is 30.3 Å². The fourth-order valence-corrected chi connectivity index (χ4v) is 5.52. The van der Waals surface area contributed by atoms with Crippen molar-refractivity contribution in [2.75, 3.05) is 26.0 Å². The molecular weight excluding hydrogens is 508 g/mol. The van der Waals surface area contributed by atoms with Crippen molar-refractivity contribution < 1.29 is 23.9 Å². The van der Waals surface area contributed by atoms with Gasteiger partial charge >= 0.3 is 6.09 Å². The normalized spacial score (nSPS) is 21.0. The summed E-state index contributed by atoms with van der Waals surface area (Å²) in [6.07, 6.45) is 2.15. The lowest BCUT2D eigenvalue weighted by Gasteiger charge is -2.31. The minimum absolute atomic E-state index is 0.00806. The number of likely N-dealkylation sites (N-methyl/N-ethyl adjacent to an activating group) is 1. The van der Waals surface area contributed by atoms with Crippen LogP contribution in [-0.4, -0.2) is 70.7 Å². The summed E-state index contributed by atoms with van der Waals surface area (Å²) < 4.78 is 5.76. The minimum Gasteiger partial charge on any atom is -0.427 e. The second-order valence-corrected chi connectivity index (χ2v) is 12.0. The average molecular weight is 547 g/mol. The van der Waals surface area contributed by atoms with E-state index < -0.39 is 23.1 Å². The van der Waals surface area contributed by atoms with Crippen molar-refractivity contribution in [3.63, 3.8) is 0 Å². The number of amides is 4. The zero-order valence-corrected chi connectivity index (χ0v) is 23.9. The Morgan fingerprint density at radius 3 is 2.48 bits per heavy atom. The zero-order chi connectivity index (χ0) is 28.8. The van der Waals surface area contributed by atoms with Crippen LogP contribution in [0.15, 0.2) is 48.5 Å². The molecule has 40 heavy (non-hydrogen) atoms. The molecule has 212 valence electrons. The summed E-state index contributed by atoms with van der Waals surface area (Å²) in [5.74, 6) is -0.502. The van der Waals surface area contributed by atoms with Crippen molar-refractivity contribution >= 4 is 29.5 Å². The highest BCUT2D eigenvalue weighted by atomic mass is 16.6. The number of rotatable bonds is 9. The number of benzene rings is 2. The molecule has 0 bridgehead atoms. The molecule has 1 aliphatic heterocycles. The van der Waals surface area contributed by atoms with Crippen molar-refractivity contribution in [1.29, 1.82) is 0 Å². The predicted molar refractivity (Wildman–Crippen MR) is 150 cm³/mol. The average Bonchev–Trinajstić information content (AvgIpc) is 3.68. The Morgan fingerprint density at radius 1 is 1.12 bits per heavy atom. The maximum absolute atomic E-state index is 13.7. The van der Waals surface area contributed by atoms with Crippen LogP contribution in [-0.2, 0) is 37.7 Å². The number of aryl methyl sites for hydroxylation is 1. The van der Waals surface area contributed by atoms with Crippen LogP contribution in [0.4, 0.5) is 10.5 Å². The first-order chi connectivity index (χ1) is 18.9. The van der Waals surface area contributed by atoms with Crippen LogP contribution in [0.25, 0.3) is 0 Å². The summed E-state index contributed by atoms with van der Waals surface area (Å²) in [5, 5.41) is 2.95. The number of fused-ring (bicyclic) bond motifs is 2. The second kappa shape index (κ2) is 10.4. The lowest BCUT2D eigenvalue weighted by Crippen LogP contribution is -2.48. The molecule has 1 saturated carbocycles. The number of carbonyl (C=O) groups excluding carboxylic acids is 4. The molecule has 1 spiro atoms. The van der Waals surface area contributed by atoms with Crippen LogP contribution < -0.4 is 5.32 Å². The summed E-state index contributed by atoms with van der Waals surface area (Å²) in [4.78, 5) is 57.7. The van der Waals surface area contributed by atoms with E-state index in [2.05, 4.69) is 5.32 Å². The molecular formula is C31H38N4O5. The van der Waals surface area contributed by atoms with E-state index in [0.29, 0.717) is 36.6 Å². The molecule has 2 atom stereocenters. The Balaban J connectivity index is 1.33. The molecule has 9 heteroatoms. The van der Waals surface area contributed by atoms with E-state index in [9.17, 15) is 19.2 Å². The molecule has 1 saturated heterocycles. The smallest absolute Gasteiger partial charge is 0.418 e. The second-order valence-electron chi connectivity index (χ2n) is 12.0. The van der Waals surface area contributed by atoms with E-state index >= 15 is 0 Å². The van der Waals surface area contributed by atoms with E-state index in [1.165, 1.54) is 0 Å². The topological polar surface area (TPSA) is 99.3 Å². The van der Waals surface area contributed by atoms with Crippen LogP contribution >= 0.6 is 0 Å². The maximum Gasteiger partial charge on any atom is 0.418 e. The van der Waals surface area contributed by atoms with Gasteiger partial charge in [-0.3, -0.25) is 19.3 Å². The van der Waals surface area contributed by atoms with Crippen LogP contribution in [0.2, 0.25) is 0 Å². The van der Waals surface area contributed by atoms with Gasteiger partial charge in [-0.25, -0.2) is 9.69 Å². The number of nitrogens with one attached hydrogen (secondary N) is 1. The number of carbonyl (C=O) groups is 4. The predicted octanol–water partition coefficient (Wildman–Crippen LogP) is 3.91. The van der Waals surface area contributed by atoms with Crippen molar-refractivity contribution in [3.8, 4) is 0 Å². The first kappa shape index (κ1) is 27.8. The lowest BCUT2D eigenvalue weighted by molar-refractivity contribution is -0.143. The molecule has 1 unspecified atom stereocenters. The summed E-state index contributed by atoms with van der Waals surface area (Å²) in [7, 11) is 3.69. The number of nitrogens with zero attached hydrogens (tertiary/aromatic N) is 3. The van der Waals surface area contributed by atoms with E-state index in [1.54, 1.807) is 17.0 Å². The molecule has 2 aliphatic carbocycles. The Labute approximate surface area is 235 Å². The third kappa shape index (κ3) is 4.98. The van der Waals surface area contributed by atoms with Gasteiger partial charge in [-0.2, -0.15) is 0 Å². The highest BCUT2D eigenvalue weighted by Crippen LogP contribution is 2.46. The molecule has 2 fully saturated rings. The third-order valence-electron chi connectivity index (χ3n) is 8.90. The van der Waals surface area contributed by atoms with Crippen LogP contribution in [0.1, 0.15) is 56.7 Å². The quantitative estimate of drug-likeness (QED) is 0.512. The van der Waals surface area contributed by atoms with Gasteiger partial charge in [0.1, 0.15) is 6.54 Å². The van der Waals surface area contributed by atoms with Gasteiger partial charge in [0.25, 0.3) is 5.91 Å². The molecule has 1 heterocycles. The number of imide groups is 1. The van der Waals surface area contributed by atoms with E-state index in [4.69, 9.17) is 4.74 Å². The largest absolute Gasteiger partial charge is 0.427 e. The van der Waals surface area contributed by atoms with Crippen LogP contribution in [0.3, 0.4) is 0 Å². The number of ether oxygens (including phenoxy) is 1. The molecule has 5 rings (SSSR count). The van der Waals surface area contributed by atoms with Gasteiger partial charge in [0.15, 0.2) is 0 Å². The molecule has 9 nitrogen and oxygen atoms in total. The SMILES string of the molecule is C[C@@H](C1CC1)N(Cc1ccccc1)C(=O)CN1C(=O)OC2(CCc3cc(NC(=O)C(C)(C)N(C)C)ccc32)C1=O. The Hall–Kier alpha value is -3.72. The van der Waals surface area contributed by atoms with Gasteiger partial charge in [-0.15, -0.1) is 0 Å². The molecule has 0 aromatic heterocycles. The molecule has 4 amide bonds. The van der Waals surface area contributed by atoms with Crippen molar-refractivity contribution in [3.05, 3.63) is 65.2 Å². The Morgan fingerprint density at radius 2 is 1.82 bits per heavy atom. The third-order valence-corrected chi connectivity index (χ3v) is 8.90. The molecule has 2 aromatic carbocycles. The summed E-state index contributed by atoms with van der Waals surface area (Å²) in [5.41, 5.74) is 0.906. The molecule has 0 radical (unpaired) electrons. The summed E-state index contributed by atoms with van der Waals surface area (Å²) >= 11 is 0. The van der Waals surface area contributed by atoms with Crippen molar-refractivity contribution in [1.82, 2.24) is 14.7 Å². The maximum atomic E-state index is 13.7. The Bertz CT molecular complexity index is 1340. The lowest BCUT2D eigenvalue weighted by atomic mass is 9.94. The van der Waals surface area contributed by atoms with Crippen LogP contribution in [0, 0.1) is 5.92 Å². The van der Waals surface area contributed by atoms with E-state index in [-0.39, 0.29) is 24.4 Å². The molecule has 3 aliphatic rings. The molecule has 1 N–H and O–H groups in total. The van der Waals surface area contributed by atoms with Crippen molar-refractivity contribution in [2.45, 2.75) is 70.2 Å². The highest BCUT2D eigenvalue weighted by Gasteiger charge is 2.58. The Kier molecular flexibility index (Phi) is 7.20. The number of hydrogen-bond donors (Lipinski definition) is 1. The number of hydrogen-bond acceptors (Lipinski definition) is 6. The zero-order valence-electron chi connectivity index (χ0n) is 23.9. The summed E-state index contributed by atoms with van der Waals surface area (Å²) in [6, 6.07) is 15.0. The first-order valence-corrected chi connectivity index (χ1v) is 13.9. The monoisotopic (exact) mass is 546 g/mol. The van der Waals surface area contributed by atoms with Gasteiger partial charge in [0.2, 0.25) is 17.4 Å². The van der Waals surface area contributed by atoms with Gasteiger partial charge in [-0.05, 0) is 83.3 Å². The fourth-order valence-electron chi connectivity index (χ4n) is 5.52. The summed E-state index contributed by atoms with van der Waals surface area (Å²) in [6.45, 7) is 5.77. The van der Waals surface area contributed by atoms with Crippen LogP contribution in [0.5, 0.6) is 0 Å². The molecule has 2 aromatic rings. The standard InChI is InChI=1S/C31H38N4O5/c1-20(22-11-12-22)34(18-21-9-7-6-8-10-21)26(36)19-35-28(38)31(40-29(35)39)16-15-23-17-24(13-14-25(23)31)32-27(37)30(2,3)33(4)5/h6-10,13-14,17,20,22H,11-12,15-16,18-19H2,1-5H3,(H,32,37)/t20-,31?/m0/s1. The number of anilines is 1. The van der Waals surface area contributed by atoms with Gasteiger partial charge in [0.05, 0.1) is 5.54 Å². The van der Waals surface area contributed by atoms with E-state index in [1.807, 2.05) is 76.2 Å². The first-order valence-electron chi connectivity index (χ1n) is 13.9.